The Balaban J connectivity index is 1.63. The lowest BCUT2D eigenvalue weighted by atomic mass is 10.0. The van der Waals surface area contributed by atoms with Gasteiger partial charge in [-0.2, -0.15) is 13.2 Å². The van der Waals surface area contributed by atoms with E-state index < -0.39 is 27.6 Å². The Morgan fingerprint density at radius 3 is 2.71 bits per heavy atom. The fourth-order valence-electron chi connectivity index (χ4n) is 2.89. The minimum absolute atomic E-state index is 0.0246. The van der Waals surface area contributed by atoms with E-state index in [0.717, 1.165) is 12.5 Å². The summed E-state index contributed by atoms with van der Waals surface area (Å²) in [6.07, 6.45) is -0.474. The molecular formula is C15H19F3N2O3S. The number of hydrogen-bond acceptors (Lipinski definition) is 4. The van der Waals surface area contributed by atoms with Gasteiger partial charge in [0.1, 0.15) is 5.56 Å². The number of hydrogen-bond donors (Lipinski definition) is 0. The number of rotatable bonds is 5. The standard InChI is InChI=1S/C15H19F3N2O3S/c16-15(17,18)13-4-1-7-19-14(13)23-10-11-3-2-8-20(9-11)24(21,22)12-5-6-12/h1,4,7,11-12H,2-3,5-6,8-10H2. The van der Waals surface area contributed by atoms with Crippen LogP contribution in [0.4, 0.5) is 13.2 Å². The van der Waals surface area contributed by atoms with Gasteiger partial charge >= 0.3 is 6.18 Å². The van der Waals surface area contributed by atoms with Gasteiger partial charge in [-0.25, -0.2) is 17.7 Å². The summed E-state index contributed by atoms with van der Waals surface area (Å²) in [5.74, 6) is -0.581. The van der Waals surface area contributed by atoms with E-state index in [4.69, 9.17) is 4.74 Å². The van der Waals surface area contributed by atoms with E-state index in [2.05, 4.69) is 4.98 Å². The van der Waals surface area contributed by atoms with Crippen molar-refractivity contribution in [1.29, 1.82) is 0 Å². The molecular weight excluding hydrogens is 345 g/mol. The van der Waals surface area contributed by atoms with Gasteiger partial charge in [0.2, 0.25) is 15.9 Å². The van der Waals surface area contributed by atoms with Gasteiger partial charge in [0.15, 0.2) is 0 Å². The molecule has 1 saturated heterocycles. The Morgan fingerprint density at radius 2 is 2.04 bits per heavy atom. The summed E-state index contributed by atoms with van der Waals surface area (Å²) in [7, 11) is -3.25. The molecule has 2 fully saturated rings. The van der Waals surface area contributed by atoms with Crippen LogP contribution in [0.3, 0.4) is 0 Å². The third-order valence-corrected chi connectivity index (χ3v) is 6.68. The molecule has 24 heavy (non-hydrogen) atoms. The van der Waals surface area contributed by atoms with Gasteiger partial charge in [0.05, 0.1) is 11.9 Å². The molecule has 0 radical (unpaired) electrons. The lowest BCUT2D eigenvalue weighted by Gasteiger charge is -2.31. The summed E-state index contributed by atoms with van der Waals surface area (Å²) in [4.78, 5) is 3.66. The molecule has 0 aromatic carbocycles. The molecule has 1 aliphatic carbocycles. The van der Waals surface area contributed by atoms with E-state index in [1.54, 1.807) is 0 Å². The average molecular weight is 364 g/mol. The quantitative estimate of drug-likeness (QED) is 0.806. The molecule has 0 N–H and O–H groups in total. The smallest absolute Gasteiger partial charge is 0.421 e. The molecule has 3 rings (SSSR count). The number of nitrogens with zero attached hydrogens (tertiary/aromatic N) is 2. The third-order valence-electron chi connectivity index (χ3n) is 4.32. The molecule has 1 aromatic heterocycles. The van der Waals surface area contributed by atoms with Crippen molar-refractivity contribution >= 4 is 10.0 Å². The Morgan fingerprint density at radius 1 is 1.29 bits per heavy atom. The Bertz CT molecular complexity index is 689. The van der Waals surface area contributed by atoms with Crippen molar-refractivity contribution in [3.8, 4) is 5.88 Å². The predicted molar refractivity (Wildman–Crippen MR) is 81.0 cm³/mol. The van der Waals surface area contributed by atoms with Crippen molar-refractivity contribution in [2.45, 2.75) is 37.1 Å². The average Bonchev–Trinajstić information content (AvgIpc) is 3.38. The lowest BCUT2D eigenvalue weighted by Crippen LogP contribution is -2.43. The monoisotopic (exact) mass is 364 g/mol. The Hall–Kier alpha value is -1.35. The molecule has 1 unspecified atom stereocenters. The number of piperidine rings is 1. The number of ether oxygens (including phenoxy) is 1. The highest BCUT2D eigenvalue weighted by atomic mass is 32.2. The summed E-state index contributed by atoms with van der Waals surface area (Å²) in [6.45, 7) is 0.802. The first-order valence-electron chi connectivity index (χ1n) is 7.92. The van der Waals surface area contributed by atoms with Crippen LogP contribution in [0.15, 0.2) is 18.3 Å². The van der Waals surface area contributed by atoms with Gasteiger partial charge in [0, 0.05) is 25.2 Å². The molecule has 1 atom stereocenters. The molecule has 1 saturated carbocycles. The number of aromatic nitrogens is 1. The van der Waals surface area contributed by atoms with Gasteiger partial charge in [-0.05, 0) is 37.8 Å². The predicted octanol–water partition coefficient (Wildman–Crippen LogP) is 2.68. The van der Waals surface area contributed by atoms with E-state index in [0.29, 0.717) is 32.4 Å². The Kier molecular flexibility index (Phi) is 4.74. The fourth-order valence-corrected chi connectivity index (χ4v) is 4.84. The van der Waals surface area contributed by atoms with Crippen LogP contribution in [0.2, 0.25) is 0 Å². The van der Waals surface area contributed by atoms with Gasteiger partial charge in [0.25, 0.3) is 0 Å². The fraction of sp³-hybridized carbons (Fsp3) is 0.667. The topological polar surface area (TPSA) is 59.5 Å². The van der Waals surface area contributed by atoms with Crippen LogP contribution < -0.4 is 4.74 Å². The number of pyridine rings is 1. The van der Waals surface area contributed by atoms with Gasteiger partial charge in [-0.15, -0.1) is 0 Å². The summed E-state index contributed by atoms with van der Waals surface area (Å²) in [6, 6.07) is 2.13. The van der Waals surface area contributed by atoms with Crippen LogP contribution in [0.1, 0.15) is 31.2 Å². The molecule has 1 aromatic rings. The summed E-state index contributed by atoms with van der Waals surface area (Å²) in [5, 5.41) is -0.273. The van der Waals surface area contributed by atoms with Crippen molar-refractivity contribution in [3.05, 3.63) is 23.9 Å². The SMILES string of the molecule is O=S(=O)(C1CC1)N1CCCC(COc2ncccc2C(F)(F)F)C1. The van der Waals surface area contributed by atoms with Crippen LogP contribution in [-0.2, 0) is 16.2 Å². The van der Waals surface area contributed by atoms with Gasteiger partial charge in [-0.3, -0.25) is 0 Å². The van der Waals surface area contributed by atoms with Crippen LogP contribution in [0, 0.1) is 5.92 Å². The van der Waals surface area contributed by atoms with Gasteiger partial charge in [-0.1, -0.05) is 0 Å². The van der Waals surface area contributed by atoms with Crippen molar-refractivity contribution in [2.24, 2.45) is 5.92 Å². The minimum Gasteiger partial charge on any atom is -0.477 e. The second-order valence-corrected chi connectivity index (χ2v) is 8.49. The molecule has 9 heteroatoms. The first kappa shape index (κ1) is 17.5. The molecule has 0 spiro atoms. The number of sulfonamides is 1. The third kappa shape index (κ3) is 3.83. The molecule has 1 aliphatic heterocycles. The first-order valence-corrected chi connectivity index (χ1v) is 9.43. The molecule has 2 aliphatic rings. The molecule has 2 heterocycles. The molecule has 134 valence electrons. The maximum Gasteiger partial charge on any atom is 0.421 e. The van der Waals surface area contributed by atoms with Gasteiger partial charge < -0.3 is 4.74 Å². The van der Waals surface area contributed by atoms with E-state index in [9.17, 15) is 21.6 Å². The van der Waals surface area contributed by atoms with E-state index >= 15 is 0 Å². The van der Waals surface area contributed by atoms with Crippen molar-refractivity contribution in [1.82, 2.24) is 9.29 Å². The number of alkyl halides is 3. The summed E-state index contributed by atoms with van der Waals surface area (Å²) >= 11 is 0. The normalized spacial score (nSPS) is 23.2. The van der Waals surface area contributed by atoms with Crippen LogP contribution in [0.25, 0.3) is 0 Å². The molecule has 0 amide bonds. The highest BCUT2D eigenvalue weighted by molar-refractivity contribution is 7.90. The van der Waals surface area contributed by atoms with Crippen molar-refractivity contribution in [2.75, 3.05) is 19.7 Å². The van der Waals surface area contributed by atoms with E-state index in [1.165, 1.54) is 16.6 Å². The zero-order valence-electron chi connectivity index (χ0n) is 13.0. The first-order chi connectivity index (χ1) is 11.3. The second-order valence-electron chi connectivity index (χ2n) is 6.28. The zero-order valence-corrected chi connectivity index (χ0v) is 13.8. The van der Waals surface area contributed by atoms with E-state index in [1.807, 2.05) is 0 Å². The van der Waals surface area contributed by atoms with E-state index in [-0.39, 0.29) is 17.8 Å². The van der Waals surface area contributed by atoms with Crippen LogP contribution in [-0.4, -0.2) is 42.7 Å². The summed E-state index contributed by atoms with van der Waals surface area (Å²) in [5.41, 5.74) is -0.914. The largest absolute Gasteiger partial charge is 0.477 e. The molecule has 5 nitrogen and oxygen atoms in total. The van der Waals surface area contributed by atoms with Crippen molar-refractivity contribution < 1.29 is 26.3 Å². The highest BCUT2D eigenvalue weighted by Crippen LogP contribution is 2.36. The maximum absolute atomic E-state index is 12.9. The highest BCUT2D eigenvalue weighted by Gasteiger charge is 2.41. The Labute approximate surface area is 138 Å². The second kappa shape index (κ2) is 6.51. The summed E-state index contributed by atoms with van der Waals surface area (Å²) < 4.78 is 70.1. The van der Waals surface area contributed by atoms with Crippen molar-refractivity contribution in [3.63, 3.8) is 0 Å². The minimum atomic E-state index is -4.53. The number of halogens is 3. The maximum atomic E-state index is 12.9. The molecule has 0 bridgehead atoms. The zero-order chi connectivity index (χ0) is 17.4. The lowest BCUT2D eigenvalue weighted by molar-refractivity contribution is -0.139. The van der Waals surface area contributed by atoms with Crippen LogP contribution >= 0.6 is 0 Å². The van der Waals surface area contributed by atoms with Crippen LogP contribution in [0.5, 0.6) is 5.88 Å².